The molecule has 0 fully saturated rings. The Hall–Kier alpha value is -6.84. The van der Waals surface area contributed by atoms with Crippen LogP contribution in [-0.2, 0) is 11.2 Å². The molecule has 0 heterocycles. The molecule has 0 radical (unpaired) electrons. The van der Waals surface area contributed by atoms with E-state index in [2.05, 4.69) is 158 Å². The topological polar surface area (TPSA) is 40.5 Å². The minimum atomic E-state index is -1.31. The van der Waals surface area contributed by atoms with E-state index in [9.17, 15) is 10.2 Å². The van der Waals surface area contributed by atoms with Gasteiger partial charge in [0.1, 0.15) is 11.2 Å². The van der Waals surface area contributed by atoms with Gasteiger partial charge in [-0.3, -0.25) is 0 Å². The molecule has 2 heteroatoms. The van der Waals surface area contributed by atoms with Gasteiger partial charge in [-0.2, -0.15) is 0 Å². The van der Waals surface area contributed by atoms with Crippen LogP contribution in [0.1, 0.15) is 33.4 Å². The third-order valence-electron chi connectivity index (χ3n) is 12.7. The third kappa shape index (κ3) is 4.12. The maximum atomic E-state index is 13.0. The zero-order valence-electron chi connectivity index (χ0n) is 30.4. The molecule has 0 spiro atoms. The molecular formula is C54H34O2. The van der Waals surface area contributed by atoms with E-state index in [1.165, 1.54) is 5.39 Å². The average molecular weight is 715 g/mol. The van der Waals surface area contributed by atoms with Crippen LogP contribution in [0.4, 0.5) is 0 Å². The van der Waals surface area contributed by atoms with Crippen molar-refractivity contribution in [1.29, 1.82) is 0 Å². The first-order valence-electron chi connectivity index (χ1n) is 19.3. The molecule has 0 aromatic heterocycles. The van der Waals surface area contributed by atoms with Crippen LogP contribution in [0.2, 0.25) is 0 Å². The summed E-state index contributed by atoms with van der Waals surface area (Å²) in [4.78, 5) is 0. The molecule has 2 nitrogen and oxygen atoms in total. The molecule has 262 valence electrons. The molecule has 0 saturated carbocycles. The van der Waals surface area contributed by atoms with Crippen molar-refractivity contribution in [2.75, 3.05) is 0 Å². The number of benzene rings is 10. The summed E-state index contributed by atoms with van der Waals surface area (Å²) in [6.45, 7) is 0. The van der Waals surface area contributed by atoms with E-state index in [1.807, 2.05) is 36.4 Å². The van der Waals surface area contributed by atoms with Crippen LogP contribution >= 0.6 is 0 Å². The fourth-order valence-electron chi connectivity index (χ4n) is 10.1. The molecule has 0 saturated heterocycles. The quantitative estimate of drug-likeness (QED) is 0.179. The van der Waals surface area contributed by atoms with Gasteiger partial charge in [-0.05, 0) is 118 Å². The SMILES string of the molecule is OC1(c2ccc3c(-c4cccc5cc6c(cc45)-c4ccccc4C6(O)c4ccc5ccccc5c4)c4ccccc4cc3c2)c2ccccc2-c2ccccc21. The van der Waals surface area contributed by atoms with Crippen molar-refractivity contribution in [3.8, 4) is 33.4 Å². The molecular weight excluding hydrogens is 681 g/mol. The predicted octanol–water partition coefficient (Wildman–Crippen LogP) is 12.5. The molecule has 2 N–H and O–H groups in total. The summed E-state index contributed by atoms with van der Waals surface area (Å²) in [5, 5.41) is 34.7. The van der Waals surface area contributed by atoms with Gasteiger partial charge in [0.2, 0.25) is 0 Å². The van der Waals surface area contributed by atoms with Crippen molar-refractivity contribution < 1.29 is 10.2 Å². The van der Waals surface area contributed by atoms with Gasteiger partial charge in [0.05, 0.1) is 0 Å². The van der Waals surface area contributed by atoms with Gasteiger partial charge in [-0.15, -0.1) is 0 Å². The van der Waals surface area contributed by atoms with Gasteiger partial charge in [-0.1, -0.05) is 164 Å². The second-order valence-electron chi connectivity index (χ2n) is 15.5. The second kappa shape index (κ2) is 11.3. The summed E-state index contributed by atoms with van der Waals surface area (Å²) in [6.07, 6.45) is 0. The lowest BCUT2D eigenvalue weighted by Gasteiger charge is -2.27. The summed E-state index contributed by atoms with van der Waals surface area (Å²) in [6, 6.07) is 67.8. The highest BCUT2D eigenvalue weighted by Crippen LogP contribution is 2.54. The molecule has 12 rings (SSSR count). The van der Waals surface area contributed by atoms with Gasteiger partial charge >= 0.3 is 0 Å². The largest absolute Gasteiger partial charge is 0.376 e. The highest BCUT2D eigenvalue weighted by atomic mass is 16.3. The molecule has 2 aliphatic rings. The van der Waals surface area contributed by atoms with E-state index in [4.69, 9.17) is 0 Å². The van der Waals surface area contributed by atoms with Crippen molar-refractivity contribution in [2.45, 2.75) is 11.2 Å². The molecule has 1 unspecified atom stereocenters. The molecule has 10 aromatic carbocycles. The Morgan fingerprint density at radius 3 is 1.46 bits per heavy atom. The molecule has 0 aliphatic heterocycles. The first kappa shape index (κ1) is 31.5. The number of rotatable bonds is 3. The van der Waals surface area contributed by atoms with Gasteiger partial charge in [-0.25, -0.2) is 0 Å². The fraction of sp³-hybridized carbons (Fsp3) is 0.0370. The normalized spacial score (nSPS) is 16.2. The third-order valence-corrected chi connectivity index (χ3v) is 12.7. The van der Waals surface area contributed by atoms with E-state index >= 15 is 0 Å². The van der Waals surface area contributed by atoms with E-state index in [1.54, 1.807) is 0 Å². The Morgan fingerprint density at radius 1 is 0.268 bits per heavy atom. The minimum absolute atomic E-state index is 0.851. The Morgan fingerprint density at radius 2 is 0.750 bits per heavy atom. The van der Waals surface area contributed by atoms with Crippen molar-refractivity contribution in [3.05, 3.63) is 228 Å². The maximum Gasteiger partial charge on any atom is 0.141 e. The van der Waals surface area contributed by atoms with E-state index < -0.39 is 11.2 Å². The molecule has 2 aliphatic carbocycles. The lowest BCUT2D eigenvalue weighted by Crippen LogP contribution is -2.26. The van der Waals surface area contributed by atoms with Gasteiger partial charge in [0.15, 0.2) is 0 Å². The van der Waals surface area contributed by atoms with Crippen molar-refractivity contribution in [3.63, 3.8) is 0 Å². The maximum absolute atomic E-state index is 13.0. The first-order chi connectivity index (χ1) is 27.5. The number of hydrogen-bond donors (Lipinski definition) is 2. The van der Waals surface area contributed by atoms with E-state index in [0.717, 1.165) is 104 Å². The van der Waals surface area contributed by atoms with Gasteiger partial charge in [0.25, 0.3) is 0 Å². The van der Waals surface area contributed by atoms with Crippen LogP contribution in [0.25, 0.3) is 76.5 Å². The summed E-state index contributed by atoms with van der Waals surface area (Å²) in [5.41, 5.74) is 9.28. The van der Waals surface area contributed by atoms with Crippen molar-refractivity contribution in [1.82, 2.24) is 0 Å². The molecule has 0 amide bonds. The highest BCUT2D eigenvalue weighted by molar-refractivity contribution is 6.17. The van der Waals surface area contributed by atoms with Crippen LogP contribution in [-0.4, -0.2) is 10.2 Å². The Balaban J connectivity index is 1.10. The molecule has 10 aromatic rings. The molecule has 56 heavy (non-hydrogen) atoms. The fourth-order valence-corrected chi connectivity index (χ4v) is 10.1. The second-order valence-corrected chi connectivity index (χ2v) is 15.5. The molecule has 0 bridgehead atoms. The summed E-state index contributed by atoms with van der Waals surface area (Å²) in [7, 11) is 0. The van der Waals surface area contributed by atoms with E-state index in [0.29, 0.717) is 0 Å². The van der Waals surface area contributed by atoms with Crippen LogP contribution in [0.3, 0.4) is 0 Å². The van der Waals surface area contributed by atoms with Crippen LogP contribution < -0.4 is 0 Å². The highest BCUT2D eigenvalue weighted by Gasteiger charge is 2.44. The van der Waals surface area contributed by atoms with E-state index in [-0.39, 0.29) is 0 Å². The van der Waals surface area contributed by atoms with Gasteiger partial charge in [0, 0.05) is 22.3 Å². The van der Waals surface area contributed by atoms with Crippen LogP contribution in [0, 0.1) is 0 Å². The zero-order valence-corrected chi connectivity index (χ0v) is 30.4. The Kier molecular flexibility index (Phi) is 6.38. The summed E-state index contributed by atoms with van der Waals surface area (Å²) in [5.74, 6) is 0. The van der Waals surface area contributed by atoms with Crippen LogP contribution in [0.15, 0.2) is 194 Å². The average Bonchev–Trinajstić information content (AvgIpc) is 3.67. The minimum Gasteiger partial charge on any atom is -0.376 e. The smallest absolute Gasteiger partial charge is 0.141 e. The predicted molar refractivity (Wildman–Crippen MR) is 230 cm³/mol. The Labute approximate surface area is 324 Å². The van der Waals surface area contributed by atoms with Crippen molar-refractivity contribution in [2.24, 2.45) is 0 Å². The number of hydrogen-bond acceptors (Lipinski definition) is 2. The van der Waals surface area contributed by atoms with Gasteiger partial charge < -0.3 is 10.2 Å². The Bertz CT molecular complexity index is 3260. The zero-order chi connectivity index (χ0) is 37.2. The number of fused-ring (bicyclic) bond motifs is 10. The van der Waals surface area contributed by atoms with Crippen molar-refractivity contribution >= 4 is 43.1 Å². The summed E-state index contributed by atoms with van der Waals surface area (Å²) < 4.78 is 0. The summed E-state index contributed by atoms with van der Waals surface area (Å²) >= 11 is 0. The lowest BCUT2D eigenvalue weighted by atomic mass is 9.81. The number of aliphatic hydroxyl groups is 2. The lowest BCUT2D eigenvalue weighted by molar-refractivity contribution is 0.130. The first-order valence-corrected chi connectivity index (χ1v) is 19.3. The monoisotopic (exact) mass is 714 g/mol. The van der Waals surface area contributed by atoms with Crippen LogP contribution in [0.5, 0.6) is 0 Å². The standard InChI is InChI=1S/C54H34O2/c55-53(48-21-8-5-17-42(48)43-18-6-9-22-49(43)53)39-26-27-41-37(30-39)28-35-14-3-4-16-40(35)52(41)45-20-11-15-36-31-51-47(32-46(36)45)44-19-7-10-23-50(44)54(51,56)38-25-24-33-12-1-2-13-34(33)29-38/h1-32,55-56H. The molecule has 1 atom stereocenters.